The van der Waals surface area contributed by atoms with E-state index in [1.54, 1.807) is 12.4 Å². The number of nitrogens with one attached hydrogen (secondary N) is 1. The smallest absolute Gasteiger partial charge is 0.137 e. The summed E-state index contributed by atoms with van der Waals surface area (Å²) in [6.45, 7) is 3.07. The Labute approximate surface area is 127 Å². The molecule has 0 radical (unpaired) electrons. The highest BCUT2D eigenvalue weighted by atomic mass is 79.9. The van der Waals surface area contributed by atoms with Crippen molar-refractivity contribution < 1.29 is 4.39 Å². The van der Waals surface area contributed by atoms with E-state index in [9.17, 15) is 4.39 Å². The number of nitrogens with zero attached hydrogens (tertiary/aromatic N) is 1. The molecule has 0 bridgehead atoms. The molecule has 0 aliphatic heterocycles. The maximum atomic E-state index is 13.4. The zero-order valence-electron chi connectivity index (χ0n) is 11.4. The number of rotatable bonds is 6. The van der Waals surface area contributed by atoms with Crippen LogP contribution in [0.1, 0.15) is 30.5 Å². The van der Waals surface area contributed by atoms with Crippen molar-refractivity contribution in [2.24, 2.45) is 0 Å². The van der Waals surface area contributed by atoms with Gasteiger partial charge >= 0.3 is 0 Å². The molecule has 1 aromatic heterocycles. The van der Waals surface area contributed by atoms with Gasteiger partial charge in [-0.25, -0.2) is 4.39 Å². The first-order chi connectivity index (χ1) is 9.70. The van der Waals surface area contributed by atoms with Gasteiger partial charge in [0.05, 0.1) is 4.47 Å². The molecule has 0 aliphatic carbocycles. The molecule has 0 fully saturated rings. The minimum absolute atomic E-state index is 0.175. The van der Waals surface area contributed by atoms with Crippen molar-refractivity contribution in [1.82, 2.24) is 10.3 Å². The van der Waals surface area contributed by atoms with Crippen LogP contribution in [0, 0.1) is 5.82 Å². The van der Waals surface area contributed by atoms with E-state index in [0.717, 1.165) is 24.9 Å². The fourth-order valence-corrected chi connectivity index (χ4v) is 2.51. The maximum Gasteiger partial charge on any atom is 0.137 e. The third-order valence-corrected chi connectivity index (χ3v) is 3.78. The molecule has 0 saturated carbocycles. The summed E-state index contributed by atoms with van der Waals surface area (Å²) in [4.78, 5) is 4.04. The first-order valence-corrected chi connectivity index (χ1v) is 7.57. The Balaban J connectivity index is 2.20. The molecule has 0 amide bonds. The number of hydrogen-bond donors (Lipinski definition) is 1. The Kier molecular flexibility index (Phi) is 5.68. The lowest BCUT2D eigenvalue weighted by molar-refractivity contribution is 0.527. The molecule has 20 heavy (non-hydrogen) atoms. The fourth-order valence-electron chi connectivity index (χ4n) is 2.11. The zero-order valence-corrected chi connectivity index (χ0v) is 13.0. The van der Waals surface area contributed by atoms with Crippen molar-refractivity contribution in [2.75, 3.05) is 6.54 Å². The quantitative estimate of drug-likeness (QED) is 0.852. The summed E-state index contributed by atoms with van der Waals surface area (Å²) in [5.41, 5.74) is 2.30. The molecule has 4 heteroatoms. The summed E-state index contributed by atoms with van der Waals surface area (Å²) in [5, 5.41) is 3.52. The Hall–Kier alpha value is -1.26. The molecule has 2 rings (SSSR count). The minimum atomic E-state index is -0.230. The van der Waals surface area contributed by atoms with Gasteiger partial charge in [0.1, 0.15) is 5.82 Å². The zero-order chi connectivity index (χ0) is 14.4. The summed E-state index contributed by atoms with van der Waals surface area (Å²) in [6.07, 6.45) is 5.52. The van der Waals surface area contributed by atoms with Crippen LogP contribution in [0.2, 0.25) is 0 Å². The normalized spacial score (nSPS) is 12.3. The van der Waals surface area contributed by atoms with Gasteiger partial charge < -0.3 is 5.32 Å². The number of aromatic nitrogens is 1. The molecule has 0 aliphatic rings. The third-order valence-electron chi connectivity index (χ3n) is 3.18. The lowest BCUT2D eigenvalue weighted by atomic mass is 9.99. The van der Waals surface area contributed by atoms with E-state index < -0.39 is 0 Å². The second kappa shape index (κ2) is 7.50. The molecule has 0 saturated heterocycles. The molecule has 2 aromatic rings. The van der Waals surface area contributed by atoms with E-state index in [-0.39, 0.29) is 11.9 Å². The molecule has 1 N–H and O–H groups in total. The van der Waals surface area contributed by atoms with E-state index in [4.69, 9.17) is 0 Å². The van der Waals surface area contributed by atoms with Crippen molar-refractivity contribution >= 4 is 15.9 Å². The Morgan fingerprint density at radius 1 is 1.25 bits per heavy atom. The molecule has 2 nitrogen and oxygen atoms in total. The van der Waals surface area contributed by atoms with Crippen LogP contribution in [0.4, 0.5) is 4.39 Å². The van der Waals surface area contributed by atoms with Crippen LogP contribution in [0.3, 0.4) is 0 Å². The minimum Gasteiger partial charge on any atom is -0.310 e. The Morgan fingerprint density at radius 2 is 2.00 bits per heavy atom. The average Bonchev–Trinajstić information content (AvgIpc) is 2.47. The van der Waals surface area contributed by atoms with Gasteiger partial charge in [-0.2, -0.15) is 0 Å². The molecular formula is C16H18BrFN2. The summed E-state index contributed by atoms with van der Waals surface area (Å²) in [7, 11) is 0. The number of halogens is 2. The van der Waals surface area contributed by atoms with Gasteiger partial charge in [0.25, 0.3) is 0 Å². The lowest BCUT2D eigenvalue weighted by Gasteiger charge is -2.19. The molecular weight excluding hydrogens is 319 g/mol. The van der Waals surface area contributed by atoms with Crippen LogP contribution in [0.25, 0.3) is 0 Å². The third kappa shape index (κ3) is 4.12. The van der Waals surface area contributed by atoms with Crippen molar-refractivity contribution in [1.29, 1.82) is 0 Å². The van der Waals surface area contributed by atoms with Crippen molar-refractivity contribution in [3.05, 3.63) is 64.1 Å². The summed E-state index contributed by atoms with van der Waals surface area (Å²) < 4.78 is 13.9. The van der Waals surface area contributed by atoms with Crippen LogP contribution in [-0.2, 0) is 6.42 Å². The lowest BCUT2D eigenvalue weighted by Crippen LogP contribution is -2.24. The van der Waals surface area contributed by atoms with E-state index in [1.165, 1.54) is 11.6 Å². The Bertz CT molecular complexity index is 545. The van der Waals surface area contributed by atoms with E-state index >= 15 is 0 Å². The van der Waals surface area contributed by atoms with Crippen molar-refractivity contribution in [2.45, 2.75) is 25.8 Å². The monoisotopic (exact) mass is 336 g/mol. The average molecular weight is 337 g/mol. The first-order valence-electron chi connectivity index (χ1n) is 6.78. The fraction of sp³-hybridized carbons (Fsp3) is 0.312. The van der Waals surface area contributed by atoms with Crippen LogP contribution in [-0.4, -0.2) is 11.5 Å². The van der Waals surface area contributed by atoms with Gasteiger partial charge in [-0.15, -0.1) is 0 Å². The van der Waals surface area contributed by atoms with E-state index in [1.807, 2.05) is 24.3 Å². The van der Waals surface area contributed by atoms with Gasteiger partial charge in [-0.1, -0.05) is 13.0 Å². The van der Waals surface area contributed by atoms with Gasteiger partial charge in [0, 0.05) is 18.4 Å². The van der Waals surface area contributed by atoms with Gasteiger partial charge in [0.2, 0.25) is 0 Å². The molecule has 1 atom stereocenters. The molecule has 1 unspecified atom stereocenters. The standard InChI is InChI=1S/C16H18BrFN2/c1-2-7-20-16(10-12-5-8-19-9-6-12)13-3-4-15(18)14(17)11-13/h3-6,8-9,11,16,20H,2,7,10H2,1H3. The topological polar surface area (TPSA) is 24.9 Å². The number of hydrogen-bond acceptors (Lipinski definition) is 2. The van der Waals surface area contributed by atoms with Crippen LogP contribution >= 0.6 is 15.9 Å². The largest absolute Gasteiger partial charge is 0.310 e. The van der Waals surface area contributed by atoms with Crippen LogP contribution in [0.15, 0.2) is 47.2 Å². The van der Waals surface area contributed by atoms with Gasteiger partial charge in [-0.05, 0) is 70.7 Å². The molecule has 1 aromatic carbocycles. The van der Waals surface area contributed by atoms with E-state index in [2.05, 4.69) is 33.2 Å². The maximum absolute atomic E-state index is 13.4. The Morgan fingerprint density at radius 3 is 2.65 bits per heavy atom. The van der Waals surface area contributed by atoms with Crippen molar-refractivity contribution in [3.8, 4) is 0 Å². The SMILES string of the molecule is CCCNC(Cc1ccncc1)c1ccc(F)c(Br)c1. The van der Waals surface area contributed by atoms with Crippen LogP contribution in [0.5, 0.6) is 0 Å². The predicted octanol–water partition coefficient (Wildman–Crippen LogP) is 4.27. The molecule has 1 heterocycles. The predicted molar refractivity (Wildman–Crippen MR) is 83.1 cm³/mol. The first kappa shape index (κ1) is 15.1. The second-order valence-electron chi connectivity index (χ2n) is 4.74. The van der Waals surface area contributed by atoms with E-state index in [0.29, 0.717) is 4.47 Å². The number of benzene rings is 1. The van der Waals surface area contributed by atoms with Gasteiger partial charge in [-0.3, -0.25) is 4.98 Å². The highest BCUT2D eigenvalue weighted by Gasteiger charge is 2.13. The molecule has 106 valence electrons. The second-order valence-corrected chi connectivity index (χ2v) is 5.59. The summed E-state index contributed by atoms with van der Waals surface area (Å²) >= 11 is 3.26. The number of pyridine rings is 1. The highest BCUT2D eigenvalue weighted by molar-refractivity contribution is 9.10. The summed E-state index contributed by atoms with van der Waals surface area (Å²) in [6, 6.07) is 9.40. The van der Waals surface area contributed by atoms with Crippen LogP contribution < -0.4 is 5.32 Å². The van der Waals surface area contributed by atoms with Crippen molar-refractivity contribution in [3.63, 3.8) is 0 Å². The van der Waals surface area contributed by atoms with Gasteiger partial charge in [0.15, 0.2) is 0 Å². The summed E-state index contributed by atoms with van der Waals surface area (Å²) in [5.74, 6) is -0.230. The molecule has 0 spiro atoms. The highest BCUT2D eigenvalue weighted by Crippen LogP contribution is 2.24.